The number of carbonyl (C=O) groups is 1. The molecule has 1 aromatic heterocycles. The molecule has 7 heteroatoms. The monoisotopic (exact) mass is 258 g/mol. The highest BCUT2D eigenvalue weighted by Gasteiger charge is 2.34. The van der Waals surface area contributed by atoms with Crippen molar-refractivity contribution >= 4 is 5.97 Å². The Kier molecular flexibility index (Phi) is 3.33. The summed E-state index contributed by atoms with van der Waals surface area (Å²) in [5.74, 6) is -1.57. The van der Waals surface area contributed by atoms with Crippen LogP contribution in [0.15, 0.2) is 12.1 Å². The number of nitriles is 1. The van der Waals surface area contributed by atoms with E-state index in [2.05, 4.69) is 4.98 Å². The highest BCUT2D eigenvalue weighted by atomic mass is 19.4. The summed E-state index contributed by atoms with van der Waals surface area (Å²) in [5.41, 5.74) is -3.39. The van der Waals surface area contributed by atoms with Crippen molar-refractivity contribution in [3.8, 4) is 6.07 Å². The first kappa shape index (κ1) is 14.0. The Morgan fingerprint density at radius 2 is 1.94 bits per heavy atom. The van der Waals surface area contributed by atoms with E-state index < -0.39 is 28.8 Å². The number of hydrogen-bond donors (Lipinski definition) is 1. The number of carboxylic acids is 1. The fourth-order valence-corrected chi connectivity index (χ4v) is 1.18. The predicted molar refractivity (Wildman–Crippen MR) is 54.8 cm³/mol. The van der Waals surface area contributed by atoms with Gasteiger partial charge in [-0.05, 0) is 26.0 Å². The maximum Gasteiger partial charge on any atom is 0.416 e. The second-order valence-electron chi connectivity index (χ2n) is 4.17. The SMILES string of the molecule is CC(C)(C#N)c1cc(C(F)(F)F)cc(C(=O)O)n1. The Morgan fingerprint density at radius 3 is 2.33 bits per heavy atom. The zero-order valence-corrected chi connectivity index (χ0v) is 9.54. The van der Waals surface area contributed by atoms with Crippen molar-refractivity contribution in [1.82, 2.24) is 4.98 Å². The van der Waals surface area contributed by atoms with Gasteiger partial charge in [-0.25, -0.2) is 9.78 Å². The quantitative estimate of drug-likeness (QED) is 0.884. The average Bonchev–Trinajstić information content (AvgIpc) is 2.27. The predicted octanol–water partition coefficient (Wildman–Crippen LogP) is 2.60. The molecule has 0 aliphatic heterocycles. The molecule has 1 heterocycles. The molecule has 1 rings (SSSR count). The first-order chi connectivity index (χ1) is 8.08. The standard InChI is InChI=1S/C11H9F3N2O2/c1-10(2,5-15)8-4-6(11(12,13)14)3-7(16-8)9(17)18/h3-4H,1-2H3,(H,17,18). The van der Waals surface area contributed by atoms with Crippen LogP contribution in [0, 0.1) is 11.3 Å². The van der Waals surface area contributed by atoms with Gasteiger partial charge >= 0.3 is 12.1 Å². The molecule has 0 saturated heterocycles. The molecular weight excluding hydrogens is 249 g/mol. The second-order valence-corrected chi connectivity index (χ2v) is 4.17. The zero-order valence-electron chi connectivity index (χ0n) is 9.54. The lowest BCUT2D eigenvalue weighted by Crippen LogP contribution is -2.20. The summed E-state index contributed by atoms with van der Waals surface area (Å²) in [4.78, 5) is 14.3. The Bertz CT molecular complexity index is 530. The van der Waals surface area contributed by atoms with Gasteiger partial charge in [-0.1, -0.05) is 0 Å². The van der Waals surface area contributed by atoms with Gasteiger partial charge < -0.3 is 5.11 Å². The van der Waals surface area contributed by atoms with Crippen molar-refractivity contribution in [3.63, 3.8) is 0 Å². The van der Waals surface area contributed by atoms with E-state index >= 15 is 0 Å². The normalized spacial score (nSPS) is 12.0. The van der Waals surface area contributed by atoms with Crippen molar-refractivity contribution in [1.29, 1.82) is 5.26 Å². The molecule has 0 radical (unpaired) electrons. The smallest absolute Gasteiger partial charge is 0.416 e. The molecule has 0 unspecified atom stereocenters. The molecule has 0 spiro atoms. The minimum atomic E-state index is -4.69. The van der Waals surface area contributed by atoms with E-state index in [0.29, 0.717) is 12.1 Å². The van der Waals surface area contributed by atoms with Crippen molar-refractivity contribution in [3.05, 3.63) is 29.1 Å². The van der Waals surface area contributed by atoms with E-state index in [-0.39, 0.29) is 5.69 Å². The molecular formula is C11H9F3N2O2. The van der Waals surface area contributed by atoms with E-state index in [9.17, 15) is 18.0 Å². The van der Waals surface area contributed by atoms with E-state index in [1.165, 1.54) is 13.8 Å². The fourth-order valence-electron chi connectivity index (χ4n) is 1.18. The van der Waals surface area contributed by atoms with Gasteiger partial charge in [-0.15, -0.1) is 0 Å². The van der Waals surface area contributed by atoms with Crippen LogP contribution in [0.5, 0.6) is 0 Å². The number of carboxylic acid groups (broad SMARTS) is 1. The first-order valence-corrected chi connectivity index (χ1v) is 4.82. The molecule has 4 nitrogen and oxygen atoms in total. The summed E-state index contributed by atoms with van der Waals surface area (Å²) in [6.45, 7) is 2.72. The van der Waals surface area contributed by atoms with E-state index in [1.54, 1.807) is 6.07 Å². The number of alkyl halides is 3. The molecule has 0 aromatic carbocycles. The van der Waals surface area contributed by atoms with Crippen molar-refractivity contribution in [2.24, 2.45) is 0 Å². The molecule has 0 aliphatic rings. The van der Waals surface area contributed by atoms with Gasteiger partial charge in [0.25, 0.3) is 0 Å². The fraction of sp³-hybridized carbons (Fsp3) is 0.364. The summed E-state index contributed by atoms with van der Waals surface area (Å²) >= 11 is 0. The van der Waals surface area contributed by atoms with Crippen LogP contribution in [0.1, 0.15) is 35.6 Å². The number of halogens is 3. The summed E-state index contributed by atoms with van der Waals surface area (Å²) in [7, 11) is 0. The summed E-state index contributed by atoms with van der Waals surface area (Å²) < 4.78 is 37.8. The summed E-state index contributed by atoms with van der Waals surface area (Å²) in [6, 6.07) is 2.91. The van der Waals surface area contributed by atoms with E-state index in [4.69, 9.17) is 10.4 Å². The van der Waals surface area contributed by atoms with Gasteiger partial charge in [0.15, 0.2) is 0 Å². The zero-order chi connectivity index (χ0) is 14.1. The molecule has 96 valence electrons. The molecule has 1 N–H and O–H groups in total. The second kappa shape index (κ2) is 4.29. The molecule has 0 fully saturated rings. The van der Waals surface area contributed by atoms with E-state index in [1.807, 2.05) is 0 Å². The number of nitrogens with zero attached hydrogens (tertiary/aromatic N) is 2. The van der Waals surface area contributed by atoms with Crippen LogP contribution < -0.4 is 0 Å². The lowest BCUT2D eigenvalue weighted by atomic mass is 9.89. The maximum atomic E-state index is 12.6. The molecule has 0 bridgehead atoms. The van der Waals surface area contributed by atoms with Gasteiger partial charge in [0.1, 0.15) is 5.69 Å². The van der Waals surface area contributed by atoms with E-state index in [0.717, 1.165) is 0 Å². The Labute approximate surface area is 101 Å². The van der Waals surface area contributed by atoms with Crippen LogP contribution in [0.4, 0.5) is 13.2 Å². The molecule has 1 aromatic rings. The highest BCUT2D eigenvalue weighted by Crippen LogP contribution is 2.32. The first-order valence-electron chi connectivity index (χ1n) is 4.82. The molecule has 18 heavy (non-hydrogen) atoms. The van der Waals surface area contributed by atoms with Gasteiger partial charge in [0.2, 0.25) is 0 Å². The van der Waals surface area contributed by atoms with Crippen molar-refractivity contribution in [2.45, 2.75) is 25.4 Å². The largest absolute Gasteiger partial charge is 0.477 e. The van der Waals surface area contributed by atoms with Crippen molar-refractivity contribution < 1.29 is 23.1 Å². The van der Waals surface area contributed by atoms with Crippen LogP contribution in [0.2, 0.25) is 0 Å². The number of rotatable bonds is 2. The van der Waals surface area contributed by atoms with Gasteiger partial charge in [0.05, 0.1) is 22.7 Å². The number of hydrogen-bond acceptors (Lipinski definition) is 3. The molecule has 0 aliphatic carbocycles. The van der Waals surface area contributed by atoms with Crippen molar-refractivity contribution in [2.75, 3.05) is 0 Å². The third-order valence-corrected chi connectivity index (χ3v) is 2.29. The third-order valence-electron chi connectivity index (χ3n) is 2.29. The molecule has 0 atom stereocenters. The number of aromatic nitrogens is 1. The average molecular weight is 258 g/mol. The molecule has 0 amide bonds. The Hall–Kier alpha value is -2.10. The molecule has 0 saturated carbocycles. The van der Waals surface area contributed by atoms with Gasteiger partial charge in [-0.2, -0.15) is 18.4 Å². The minimum Gasteiger partial charge on any atom is -0.477 e. The highest BCUT2D eigenvalue weighted by molar-refractivity contribution is 5.85. The summed E-state index contributed by atoms with van der Waals surface area (Å²) in [5, 5.41) is 17.6. The Balaban J connectivity index is 3.52. The lowest BCUT2D eigenvalue weighted by molar-refractivity contribution is -0.137. The van der Waals surface area contributed by atoms with Crippen LogP contribution >= 0.6 is 0 Å². The van der Waals surface area contributed by atoms with Crippen LogP contribution in [-0.2, 0) is 11.6 Å². The lowest BCUT2D eigenvalue weighted by Gasteiger charge is -2.17. The van der Waals surface area contributed by atoms with Crippen LogP contribution in [0.3, 0.4) is 0 Å². The number of aromatic carboxylic acids is 1. The Morgan fingerprint density at radius 1 is 1.39 bits per heavy atom. The third kappa shape index (κ3) is 2.77. The minimum absolute atomic E-state index is 0.225. The van der Waals surface area contributed by atoms with Crippen LogP contribution in [0.25, 0.3) is 0 Å². The maximum absolute atomic E-state index is 12.6. The topological polar surface area (TPSA) is 74.0 Å². The van der Waals surface area contributed by atoms with Gasteiger partial charge in [0, 0.05) is 0 Å². The van der Waals surface area contributed by atoms with Gasteiger partial charge in [-0.3, -0.25) is 0 Å². The van der Waals surface area contributed by atoms with Crippen LogP contribution in [-0.4, -0.2) is 16.1 Å². The summed E-state index contributed by atoms with van der Waals surface area (Å²) in [6.07, 6.45) is -4.69. The number of pyridine rings is 1.